The maximum absolute atomic E-state index is 12.4. The zero-order valence-corrected chi connectivity index (χ0v) is 19.7. The number of benzene rings is 2. The highest BCUT2D eigenvalue weighted by Crippen LogP contribution is 2.38. The number of methoxy groups -OCH3 is 1. The van der Waals surface area contributed by atoms with E-state index >= 15 is 0 Å². The molecule has 0 aliphatic carbocycles. The van der Waals surface area contributed by atoms with E-state index in [0.29, 0.717) is 39.4 Å². The lowest BCUT2D eigenvalue weighted by Crippen LogP contribution is -2.13. The number of halogens is 1. The normalized spacial score (nSPS) is 13.9. The molecule has 1 amide bonds. The van der Waals surface area contributed by atoms with Crippen molar-refractivity contribution in [3.8, 4) is 11.5 Å². The highest BCUT2D eigenvalue weighted by molar-refractivity contribution is 9.10. The van der Waals surface area contributed by atoms with Crippen LogP contribution in [0.3, 0.4) is 0 Å². The molecule has 3 rings (SSSR count). The molecule has 1 aliphatic heterocycles. The van der Waals surface area contributed by atoms with Crippen LogP contribution in [0.5, 0.6) is 11.5 Å². The molecule has 9 nitrogen and oxygen atoms in total. The van der Waals surface area contributed by atoms with E-state index in [2.05, 4.69) is 31.0 Å². The molecule has 2 aromatic carbocycles. The van der Waals surface area contributed by atoms with Crippen LogP contribution in [0.4, 0.5) is 5.69 Å². The van der Waals surface area contributed by atoms with Crippen molar-refractivity contribution in [2.24, 2.45) is 4.99 Å². The Hall–Kier alpha value is -3.66. The van der Waals surface area contributed by atoms with Gasteiger partial charge in [-0.2, -0.15) is 0 Å². The average Bonchev–Trinajstić information content (AvgIpc) is 3.13. The molecule has 0 radical (unpaired) electrons. The molecular formula is C23H21BrN2O7. The number of cyclic esters (lactones) is 1. The molecule has 2 aromatic rings. The molecule has 0 aromatic heterocycles. The second-order valence-electron chi connectivity index (χ2n) is 6.72. The smallest absolute Gasteiger partial charge is 0.363 e. The van der Waals surface area contributed by atoms with Gasteiger partial charge in [0.25, 0.3) is 0 Å². The van der Waals surface area contributed by atoms with E-state index in [1.54, 1.807) is 42.5 Å². The van der Waals surface area contributed by atoms with Gasteiger partial charge in [-0.15, -0.1) is 0 Å². The summed E-state index contributed by atoms with van der Waals surface area (Å²) in [5, 5.41) is 2.67. The predicted octanol–water partition coefficient (Wildman–Crippen LogP) is 3.70. The third-order valence-corrected chi connectivity index (χ3v) is 4.86. The van der Waals surface area contributed by atoms with Gasteiger partial charge in [-0.05, 0) is 70.9 Å². The van der Waals surface area contributed by atoms with Crippen molar-refractivity contribution in [1.82, 2.24) is 0 Å². The van der Waals surface area contributed by atoms with Gasteiger partial charge in [0, 0.05) is 18.2 Å². The van der Waals surface area contributed by atoms with Crippen LogP contribution in [-0.4, -0.2) is 44.1 Å². The van der Waals surface area contributed by atoms with Gasteiger partial charge in [-0.25, -0.2) is 14.6 Å². The minimum absolute atomic E-state index is 0.105. The standard InChI is InChI=1S/C23H21BrN2O7/c1-4-31-19-11-14(9-17(24)21(19)32-12-20(28)30-3)10-18-23(29)33-22(26-18)15-5-7-16(8-6-15)25-13(2)27/h5-11H,4,12H2,1-3H3,(H,25,27)/b18-10-. The molecule has 0 saturated heterocycles. The summed E-state index contributed by atoms with van der Waals surface area (Å²) in [6, 6.07) is 10.1. The Morgan fingerprint density at radius 3 is 2.55 bits per heavy atom. The van der Waals surface area contributed by atoms with Crippen LogP contribution in [-0.2, 0) is 23.9 Å². The third-order valence-electron chi connectivity index (χ3n) is 4.27. The number of carbonyl (C=O) groups excluding carboxylic acids is 3. The number of nitrogens with zero attached hydrogens (tertiary/aromatic N) is 1. The van der Waals surface area contributed by atoms with Crippen LogP contribution >= 0.6 is 15.9 Å². The van der Waals surface area contributed by atoms with E-state index in [1.807, 2.05) is 6.92 Å². The molecule has 10 heteroatoms. The quantitative estimate of drug-likeness (QED) is 0.420. The van der Waals surface area contributed by atoms with Gasteiger partial charge in [0.2, 0.25) is 11.8 Å². The summed E-state index contributed by atoms with van der Waals surface area (Å²) >= 11 is 3.41. The first kappa shape index (κ1) is 24.0. The first-order chi connectivity index (χ1) is 15.8. The Labute approximate surface area is 198 Å². The van der Waals surface area contributed by atoms with E-state index in [1.165, 1.54) is 14.0 Å². The first-order valence-corrected chi connectivity index (χ1v) is 10.7. The van der Waals surface area contributed by atoms with Crippen molar-refractivity contribution in [1.29, 1.82) is 0 Å². The fourth-order valence-electron chi connectivity index (χ4n) is 2.85. The lowest BCUT2D eigenvalue weighted by atomic mass is 10.1. The van der Waals surface area contributed by atoms with E-state index < -0.39 is 11.9 Å². The highest BCUT2D eigenvalue weighted by atomic mass is 79.9. The Balaban J connectivity index is 1.87. The number of esters is 2. The molecule has 0 fully saturated rings. The topological polar surface area (TPSA) is 113 Å². The number of hydrogen-bond acceptors (Lipinski definition) is 8. The largest absolute Gasteiger partial charge is 0.490 e. The zero-order chi connectivity index (χ0) is 24.0. The second-order valence-corrected chi connectivity index (χ2v) is 7.58. The molecule has 0 unspecified atom stereocenters. The molecule has 1 N–H and O–H groups in total. The molecule has 1 aliphatic rings. The van der Waals surface area contributed by atoms with Gasteiger partial charge in [-0.1, -0.05) is 0 Å². The summed E-state index contributed by atoms with van der Waals surface area (Å²) in [4.78, 5) is 39.2. The fourth-order valence-corrected chi connectivity index (χ4v) is 3.43. The maximum Gasteiger partial charge on any atom is 0.363 e. The van der Waals surface area contributed by atoms with Crippen molar-refractivity contribution in [2.45, 2.75) is 13.8 Å². The summed E-state index contributed by atoms with van der Waals surface area (Å²) in [7, 11) is 1.27. The molecule has 0 saturated carbocycles. The minimum atomic E-state index is -0.601. The summed E-state index contributed by atoms with van der Waals surface area (Å²) in [6.07, 6.45) is 1.55. The van der Waals surface area contributed by atoms with E-state index in [9.17, 15) is 14.4 Å². The number of aliphatic imine (C=N–C) groups is 1. The van der Waals surface area contributed by atoms with Gasteiger partial charge < -0.3 is 24.3 Å². The number of anilines is 1. The first-order valence-electron chi connectivity index (χ1n) is 9.87. The Bertz CT molecular complexity index is 1140. The van der Waals surface area contributed by atoms with Crippen LogP contribution < -0.4 is 14.8 Å². The minimum Gasteiger partial charge on any atom is -0.490 e. The monoisotopic (exact) mass is 516 g/mol. The number of rotatable bonds is 8. The zero-order valence-electron chi connectivity index (χ0n) is 18.1. The molecular weight excluding hydrogens is 496 g/mol. The summed E-state index contributed by atoms with van der Waals surface area (Å²) in [5.74, 6) is -0.444. The molecule has 0 spiro atoms. The van der Waals surface area contributed by atoms with Gasteiger partial charge >= 0.3 is 11.9 Å². The third kappa shape index (κ3) is 6.19. The molecule has 0 bridgehead atoms. The van der Waals surface area contributed by atoms with Gasteiger partial charge in [0.05, 0.1) is 18.2 Å². The van der Waals surface area contributed by atoms with E-state index in [0.717, 1.165) is 0 Å². The molecule has 33 heavy (non-hydrogen) atoms. The van der Waals surface area contributed by atoms with Crippen molar-refractivity contribution < 1.29 is 33.3 Å². The van der Waals surface area contributed by atoms with Crippen LogP contribution in [0.25, 0.3) is 6.08 Å². The average molecular weight is 517 g/mol. The number of carbonyl (C=O) groups is 3. The highest BCUT2D eigenvalue weighted by Gasteiger charge is 2.24. The van der Waals surface area contributed by atoms with Crippen molar-refractivity contribution in [3.05, 3.63) is 57.7 Å². The lowest BCUT2D eigenvalue weighted by Gasteiger charge is -2.14. The Morgan fingerprint density at radius 1 is 1.18 bits per heavy atom. The van der Waals surface area contributed by atoms with Gasteiger partial charge in [0.1, 0.15) is 0 Å². The number of ether oxygens (including phenoxy) is 4. The summed E-state index contributed by atoms with van der Waals surface area (Å²) in [6.45, 7) is 3.31. The SMILES string of the molecule is CCOc1cc(/C=C2\N=C(c3ccc(NC(C)=O)cc3)OC2=O)cc(Br)c1OCC(=O)OC. The van der Waals surface area contributed by atoms with Crippen LogP contribution in [0, 0.1) is 0 Å². The van der Waals surface area contributed by atoms with Crippen LogP contribution in [0.1, 0.15) is 25.0 Å². The van der Waals surface area contributed by atoms with Gasteiger partial charge in [-0.3, -0.25) is 4.79 Å². The Kier molecular flexibility index (Phi) is 7.83. The summed E-state index contributed by atoms with van der Waals surface area (Å²) in [5.41, 5.74) is 1.92. The van der Waals surface area contributed by atoms with Crippen molar-refractivity contribution >= 4 is 51.4 Å². The number of nitrogens with one attached hydrogen (secondary N) is 1. The van der Waals surface area contributed by atoms with E-state index in [4.69, 9.17) is 14.2 Å². The fraction of sp³-hybridized carbons (Fsp3) is 0.217. The maximum atomic E-state index is 12.4. The number of amides is 1. The van der Waals surface area contributed by atoms with Crippen LogP contribution in [0.15, 0.2) is 51.6 Å². The molecule has 172 valence electrons. The number of hydrogen-bond donors (Lipinski definition) is 1. The van der Waals surface area contributed by atoms with Crippen LogP contribution in [0.2, 0.25) is 0 Å². The Morgan fingerprint density at radius 2 is 1.91 bits per heavy atom. The second kappa shape index (κ2) is 10.8. The molecule has 1 heterocycles. The van der Waals surface area contributed by atoms with E-state index in [-0.39, 0.29) is 24.1 Å². The van der Waals surface area contributed by atoms with Gasteiger partial charge in [0.15, 0.2) is 23.8 Å². The molecule has 0 atom stereocenters. The lowest BCUT2D eigenvalue weighted by molar-refractivity contribution is -0.143. The van der Waals surface area contributed by atoms with Crippen molar-refractivity contribution in [3.63, 3.8) is 0 Å². The summed E-state index contributed by atoms with van der Waals surface area (Å²) < 4.78 is 21.6. The predicted molar refractivity (Wildman–Crippen MR) is 124 cm³/mol. The van der Waals surface area contributed by atoms with Crippen molar-refractivity contribution in [2.75, 3.05) is 25.6 Å².